The van der Waals surface area contributed by atoms with Gasteiger partial charge in [-0.3, -0.25) is 9.35 Å². The van der Waals surface area contributed by atoms with Crippen LogP contribution in [0.3, 0.4) is 0 Å². The minimum absolute atomic E-state index is 0.291. The summed E-state index contributed by atoms with van der Waals surface area (Å²) in [6, 6.07) is 6.68. The molecule has 0 aromatic heterocycles. The summed E-state index contributed by atoms with van der Waals surface area (Å²) in [4.78, 5) is 23.5. The van der Waals surface area contributed by atoms with E-state index < -0.39 is 39.9 Å². The van der Waals surface area contributed by atoms with Crippen LogP contribution in [0.25, 0.3) is 0 Å². The van der Waals surface area contributed by atoms with Crippen molar-refractivity contribution in [2.75, 3.05) is 12.4 Å². The number of aliphatic carboxylic acids is 1. The Morgan fingerprint density at radius 3 is 2.38 bits per heavy atom. The fourth-order valence-electron chi connectivity index (χ4n) is 1.93. The molecule has 0 fully saturated rings. The van der Waals surface area contributed by atoms with Gasteiger partial charge in [0.2, 0.25) is 0 Å². The molecule has 0 aliphatic heterocycles. The van der Waals surface area contributed by atoms with Gasteiger partial charge in [-0.2, -0.15) is 8.42 Å². The highest BCUT2D eigenvalue weighted by Crippen LogP contribution is 2.18. The molecule has 2 unspecified atom stereocenters. The van der Waals surface area contributed by atoms with Crippen LogP contribution in [0.1, 0.15) is 31.4 Å². The molecule has 2 atom stereocenters. The van der Waals surface area contributed by atoms with Crippen molar-refractivity contribution in [3.8, 4) is 0 Å². The summed E-state index contributed by atoms with van der Waals surface area (Å²) in [5, 5.41) is 11.1. The second-order valence-electron chi connectivity index (χ2n) is 5.16. The number of unbranched alkanes of at least 4 members (excludes halogenated alkanes) is 1. The maximum Gasteiger partial charge on any atom is 0.327 e. The summed E-state index contributed by atoms with van der Waals surface area (Å²) in [5.41, 5.74) is 0.516. The first kappa shape index (κ1) is 20.1. The van der Waals surface area contributed by atoms with E-state index in [4.69, 9.17) is 14.4 Å². The third-order valence-corrected chi connectivity index (χ3v) is 3.87. The molecule has 1 aromatic rings. The van der Waals surface area contributed by atoms with Crippen LogP contribution in [0.2, 0.25) is 0 Å². The number of rotatable bonds is 10. The van der Waals surface area contributed by atoms with E-state index in [0.29, 0.717) is 18.6 Å². The number of carboxylic acids is 1. The van der Waals surface area contributed by atoms with E-state index in [1.54, 1.807) is 30.3 Å². The third kappa shape index (κ3) is 7.07. The molecule has 8 nitrogen and oxygen atoms in total. The zero-order valence-corrected chi connectivity index (χ0v) is 14.0. The Labute approximate surface area is 140 Å². The molecule has 134 valence electrons. The minimum atomic E-state index is -4.56. The molecule has 3 N–H and O–H groups in total. The second kappa shape index (κ2) is 9.36. The Kier molecular flexibility index (Phi) is 7.83. The van der Waals surface area contributed by atoms with Gasteiger partial charge < -0.3 is 15.2 Å². The third-order valence-electron chi connectivity index (χ3n) is 3.11. The molecule has 1 aromatic carbocycles. The van der Waals surface area contributed by atoms with E-state index in [1.165, 1.54) is 0 Å². The van der Waals surface area contributed by atoms with E-state index in [1.807, 2.05) is 6.92 Å². The van der Waals surface area contributed by atoms with Crippen molar-refractivity contribution < 1.29 is 32.4 Å². The smallest absolute Gasteiger partial charge is 0.327 e. The fourth-order valence-corrected chi connectivity index (χ4v) is 2.58. The Balaban J connectivity index is 2.91. The quantitative estimate of drug-likeness (QED) is 0.420. The molecular formula is C15H21NO7S. The zero-order chi connectivity index (χ0) is 18.2. The van der Waals surface area contributed by atoms with Crippen LogP contribution in [0.5, 0.6) is 0 Å². The van der Waals surface area contributed by atoms with Crippen molar-refractivity contribution in [1.29, 1.82) is 0 Å². The number of nitrogens with one attached hydrogen (secondary N) is 1. The van der Waals surface area contributed by atoms with Gasteiger partial charge in [0.05, 0.1) is 0 Å². The number of benzene rings is 1. The molecule has 0 aliphatic carbocycles. The van der Waals surface area contributed by atoms with Crippen molar-refractivity contribution in [3.05, 3.63) is 35.9 Å². The van der Waals surface area contributed by atoms with E-state index in [-0.39, 0.29) is 0 Å². The van der Waals surface area contributed by atoms with E-state index in [0.717, 1.165) is 6.42 Å². The number of carboxylic acid groups (broad SMARTS) is 1. The Morgan fingerprint density at radius 2 is 1.88 bits per heavy atom. The van der Waals surface area contributed by atoms with Gasteiger partial charge in [0.1, 0.15) is 11.8 Å². The van der Waals surface area contributed by atoms with Gasteiger partial charge in [-0.1, -0.05) is 43.7 Å². The van der Waals surface area contributed by atoms with Gasteiger partial charge >= 0.3 is 5.97 Å². The lowest BCUT2D eigenvalue weighted by Gasteiger charge is -2.20. The van der Waals surface area contributed by atoms with Crippen molar-refractivity contribution >= 4 is 22.0 Å². The summed E-state index contributed by atoms with van der Waals surface area (Å²) in [6.45, 7) is 2.24. The Morgan fingerprint density at radius 1 is 1.25 bits per heavy atom. The monoisotopic (exact) mass is 359 g/mol. The molecule has 0 heterocycles. The molecule has 0 spiro atoms. The lowest BCUT2D eigenvalue weighted by Crippen LogP contribution is -2.47. The average molecular weight is 359 g/mol. The first-order chi connectivity index (χ1) is 11.2. The van der Waals surface area contributed by atoms with Crippen molar-refractivity contribution in [2.45, 2.75) is 31.9 Å². The molecular weight excluding hydrogens is 338 g/mol. The zero-order valence-electron chi connectivity index (χ0n) is 13.2. The SMILES string of the molecule is CCCCOC(C(=O)NC(CS(=O)(=O)O)C(=O)O)c1ccccc1. The molecule has 0 aliphatic rings. The number of carbonyl (C=O) groups excluding carboxylic acids is 1. The van der Waals surface area contributed by atoms with Crippen LogP contribution in [0.4, 0.5) is 0 Å². The maximum atomic E-state index is 12.4. The van der Waals surface area contributed by atoms with Gasteiger partial charge in [-0.15, -0.1) is 0 Å². The van der Waals surface area contributed by atoms with Crippen LogP contribution in [-0.2, 0) is 24.4 Å². The van der Waals surface area contributed by atoms with Crippen LogP contribution in [0, 0.1) is 0 Å². The van der Waals surface area contributed by atoms with Crippen LogP contribution >= 0.6 is 0 Å². The fraction of sp³-hybridized carbons (Fsp3) is 0.467. The standard InChI is InChI=1S/C15H21NO7S/c1-2-3-9-23-13(11-7-5-4-6-8-11)14(17)16-12(15(18)19)10-24(20,21)22/h4-8,12-13H,2-3,9-10H2,1H3,(H,16,17)(H,18,19)(H,20,21,22). The summed E-state index contributed by atoms with van der Waals surface area (Å²) >= 11 is 0. The van der Waals surface area contributed by atoms with Crippen LogP contribution < -0.4 is 5.32 Å². The highest BCUT2D eigenvalue weighted by Gasteiger charge is 2.30. The van der Waals surface area contributed by atoms with Crippen molar-refractivity contribution in [1.82, 2.24) is 5.32 Å². The van der Waals surface area contributed by atoms with E-state index in [9.17, 15) is 18.0 Å². The lowest BCUT2D eigenvalue weighted by atomic mass is 10.1. The molecule has 0 bridgehead atoms. The molecule has 1 amide bonds. The molecule has 1 rings (SSSR count). The van der Waals surface area contributed by atoms with Crippen LogP contribution in [-0.4, -0.2) is 48.4 Å². The first-order valence-corrected chi connectivity index (χ1v) is 9.00. The Hall–Kier alpha value is -1.97. The van der Waals surface area contributed by atoms with Gasteiger partial charge in [0, 0.05) is 6.61 Å². The average Bonchev–Trinajstić information content (AvgIpc) is 2.50. The second-order valence-corrected chi connectivity index (χ2v) is 6.66. The summed E-state index contributed by atoms with van der Waals surface area (Å²) in [6.07, 6.45) is 0.495. The largest absolute Gasteiger partial charge is 0.480 e. The van der Waals surface area contributed by atoms with E-state index in [2.05, 4.69) is 5.32 Å². The number of hydrogen-bond donors (Lipinski definition) is 3. The first-order valence-electron chi connectivity index (χ1n) is 7.39. The highest BCUT2D eigenvalue weighted by atomic mass is 32.2. The van der Waals surface area contributed by atoms with Gasteiger partial charge in [-0.05, 0) is 12.0 Å². The minimum Gasteiger partial charge on any atom is -0.480 e. The molecule has 0 radical (unpaired) electrons. The number of carbonyl (C=O) groups is 2. The summed E-state index contributed by atoms with van der Waals surface area (Å²) < 4.78 is 36.1. The van der Waals surface area contributed by atoms with E-state index >= 15 is 0 Å². The van der Waals surface area contributed by atoms with Gasteiger partial charge in [-0.25, -0.2) is 4.79 Å². The predicted octanol–water partition coefficient (Wildman–Crippen LogP) is 1.00. The maximum absolute atomic E-state index is 12.4. The molecule has 24 heavy (non-hydrogen) atoms. The molecule has 0 saturated heterocycles. The number of hydrogen-bond acceptors (Lipinski definition) is 5. The van der Waals surface area contributed by atoms with Crippen LogP contribution in [0.15, 0.2) is 30.3 Å². The topological polar surface area (TPSA) is 130 Å². The van der Waals surface area contributed by atoms with Crippen molar-refractivity contribution in [3.63, 3.8) is 0 Å². The number of ether oxygens (including phenoxy) is 1. The van der Waals surface area contributed by atoms with Gasteiger partial charge in [0.25, 0.3) is 16.0 Å². The molecule has 9 heteroatoms. The highest BCUT2D eigenvalue weighted by molar-refractivity contribution is 7.85. The summed E-state index contributed by atoms with van der Waals surface area (Å²) in [5.74, 6) is -3.47. The molecule has 0 saturated carbocycles. The van der Waals surface area contributed by atoms with Crippen molar-refractivity contribution in [2.24, 2.45) is 0 Å². The summed E-state index contributed by atoms with van der Waals surface area (Å²) in [7, 11) is -4.56. The van der Waals surface area contributed by atoms with Gasteiger partial charge in [0.15, 0.2) is 6.10 Å². The normalized spacial score (nSPS) is 13.9. The predicted molar refractivity (Wildman–Crippen MR) is 86.0 cm³/mol. The lowest BCUT2D eigenvalue weighted by molar-refractivity contribution is -0.144. The Bertz CT molecular complexity index is 645. The number of amides is 1.